The number of hydrogen-bond donors (Lipinski definition) is 1. The van der Waals surface area contributed by atoms with Gasteiger partial charge in [0.25, 0.3) is 0 Å². The van der Waals surface area contributed by atoms with E-state index in [9.17, 15) is 4.39 Å². The van der Waals surface area contributed by atoms with Crippen LogP contribution < -0.4 is 10.2 Å². The Labute approximate surface area is 112 Å². The van der Waals surface area contributed by atoms with Gasteiger partial charge >= 0.3 is 0 Å². The number of rotatable bonds is 4. The molecule has 1 N–H and O–H groups in total. The average molecular weight is 260 g/mol. The molecule has 0 spiro atoms. The Bertz CT molecular complexity index is 571. The van der Waals surface area contributed by atoms with Crippen molar-refractivity contribution >= 4 is 11.6 Å². The topological polar surface area (TPSA) is 41.0 Å². The minimum atomic E-state index is -0.200. The van der Waals surface area contributed by atoms with Crippen molar-refractivity contribution in [1.29, 1.82) is 0 Å². The van der Waals surface area contributed by atoms with Crippen LogP contribution in [0.2, 0.25) is 0 Å². The molecule has 1 aromatic heterocycles. The molecule has 0 aliphatic heterocycles. The number of nitrogens with one attached hydrogen (secondary N) is 1. The first-order valence-corrected chi connectivity index (χ1v) is 6.08. The van der Waals surface area contributed by atoms with Gasteiger partial charge in [-0.25, -0.2) is 14.4 Å². The molecule has 0 unspecified atom stereocenters. The first-order valence-electron chi connectivity index (χ1n) is 6.08. The van der Waals surface area contributed by atoms with Crippen molar-refractivity contribution in [2.75, 3.05) is 24.3 Å². The van der Waals surface area contributed by atoms with E-state index in [4.69, 9.17) is 0 Å². The van der Waals surface area contributed by atoms with Crippen LogP contribution in [0.4, 0.5) is 16.0 Å². The van der Waals surface area contributed by atoms with E-state index in [-0.39, 0.29) is 5.82 Å². The van der Waals surface area contributed by atoms with Crippen LogP contribution in [0, 0.1) is 12.7 Å². The molecule has 4 nitrogen and oxygen atoms in total. The maximum Gasteiger partial charge on any atom is 0.134 e. The summed E-state index contributed by atoms with van der Waals surface area (Å²) in [6.45, 7) is 2.30. The Kier molecular flexibility index (Phi) is 3.94. The monoisotopic (exact) mass is 260 g/mol. The van der Waals surface area contributed by atoms with Crippen LogP contribution in [0.15, 0.2) is 30.3 Å². The lowest BCUT2D eigenvalue weighted by atomic mass is 10.2. The summed E-state index contributed by atoms with van der Waals surface area (Å²) in [6, 6.07) is 8.60. The van der Waals surface area contributed by atoms with Crippen molar-refractivity contribution in [2.45, 2.75) is 13.5 Å². The predicted octanol–water partition coefficient (Wildman–Crippen LogP) is 2.60. The lowest BCUT2D eigenvalue weighted by Gasteiger charge is -2.19. The zero-order valence-corrected chi connectivity index (χ0v) is 11.3. The van der Waals surface area contributed by atoms with Crippen molar-refractivity contribution in [3.05, 3.63) is 47.5 Å². The van der Waals surface area contributed by atoms with Gasteiger partial charge in [-0.15, -0.1) is 0 Å². The van der Waals surface area contributed by atoms with Crippen LogP contribution in [0.25, 0.3) is 0 Å². The molecule has 19 heavy (non-hydrogen) atoms. The lowest BCUT2D eigenvalue weighted by Crippen LogP contribution is -2.19. The number of hydrogen-bond acceptors (Lipinski definition) is 4. The zero-order chi connectivity index (χ0) is 13.8. The van der Waals surface area contributed by atoms with Gasteiger partial charge in [-0.2, -0.15) is 0 Å². The van der Waals surface area contributed by atoms with Crippen LogP contribution in [0.3, 0.4) is 0 Å². The Hall–Kier alpha value is -2.17. The number of benzene rings is 1. The predicted molar refractivity (Wildman–Crippen MR) is 74.8 cm³/mol. The summed E-state index contributed by atoms with van der Waals surface area (Å²) < 4.78 is 13.6. The third-order valence-corrected chi connectivity index (χ3v) is 2.84. The molecule has 0 amide bonds. The maximum absolute atomic E-state index is 13.6. The first kappa shape index (κ1) is 13.3. The van der Waals surface area contributed by atoms with E-state index >= 15 is 0 Å². The summed E-state index contributed by atoms with van der Waals surface area (Å²) in [5, 5.41) is 2.99. The molecule has 0 atom stereocenters. The molecular weight excluding hydrogens is 243 g/mol. The summed E-state index contributed by atoms with van der Waals surface area (Å²) in [5.74, 6) is 2.00. The van der Waals surface area contributed by atoms with Crippen molar-refractivity contribution < 1.29 is 4.39 Å². The maximum atomic E-state index is 13.6. The van der Waals surface area contributed by atoms with Gasteiger partial charge in [0.2, 0.25) is 0 Å². The summed E-state index contributed by atoms with van der Waals surface area (Å²) in [4.78, 5) is 10.5. The lowest BCUT2D eigenvalue weighted by molar-refractivity contribution is 0.607. The van der Waals surface area contributed by atoms with E-state index in [2.05, 4.69) is 15.3 Å². The largest absolute Gasteiger partial charge is 0.373 e. The first-order chi connectivity index (χ1) is 9.10. The van der Waals surface area contributed by atoms with E-state index in [0.717, 1.165) is 11.6 Å². The number of halogens is 1. The highest BCUT2D eigenvalue weighted by atomic mass is 19.1. The molecule has 2 rings (SSSR count). The van der Waals surface area contributed by atoms with Gasteiger partial charge in [0.15, 0.2) is 0 Å². The highest BCUT2D eigenvalue weighted by Crippen LogP contribution is 2.17. The molecule has 0 bridgehead atoms. The van der Waals surface area contributed by atoms with Crippen molar-refractivity contribution in [2.24, 2.45) is 0 Å². The Balaban J connectivity index is 2.22. The van der Waals surface area contributed by atoms with Crippen LogP contribution in [-0.2, 0) is 6.54 Å². The SMILES string of the molecule is CNc1cc(N(C)Cc2ccccc2F)nc(C)n1. The van der Waals surface area contributed by atoms with Crippen LogP contribution in [0.5, 0.6) is 0 Å². The number of aryl methyl sites for hydroxylation is 1. The molecule has 0 saturated carbocycles. The van der Waals surface area contributed by atoms with E-state index in [1.807, 2.05) is 38.1 Å². The van der Waals surface area contributed by atoms with Gasteiger partial charge < -0.3 is 10.2 Å². The van der Waals surface area contributed by atoms with Gasteiger partial charge in [0.05, 0.1) is 0 Å². The molecule has 0 aliphatic carbocycles. The molecular formula is C14H17FN4. The van der Waals surface area contributed by atoms with Gasteiger partial charge in [0.1, 0.15) is 23.3 Å². The van der Waals surface area contributed by atoms with Crippen molar-refractivity contribution in [1.82, 2.24) is 9.97 Å². The third kappa shape index (κ3) is 3.19. The molecule has 2 aromatic rings. The molecule has 0 radical (unpaired) electrons. The second-order valence-corrected chi connectivity index (χ2v) is 4.36. The molecule has 0 fully saturated rings. The molecule has 1 heterocycles. The Morgan fingerprint density at radius 1 is 1.26 bits per heavy atom. The molecule has 0 saturated heterocycles. The normalized spacial score (nSPS) is 10.3. The van der Waals surface area contributed by atoms with E-state index < -0.39 is 0 Å². The quantitative estimate of drug-likeness (QED) is 0.917. The van der Waals surface area contributed by atoms with Gasteiger partial charge in [-0.05, 0) is 13.0 Å². The van der Waals surface area contributed by atoms with Gasteiger partial charge in [-0.3, -0.25) is 0 Å². The van der Waals surface area contributed by atoms with Crippen molar-refractivity contribution in [3.63, 3.8) is 0 Å². The fourth-order valence-electron chi connectivity index (χ4n) is 1.84. The fourth-order valence-corrected chi connectivity index (χ4v) is 1.84. The van der Waals surface area contributed by atoms with E-state index in [0.29, 0.717) is 17.9 Å². The molecule has 0 aliphatic rings. The van der Waals surface area contributed by atoms with Crippen LogP contribution >= 0.6 is 0 Å². The highest BCUT2D eigenvalue weighted by Gasteiger charge is 2.09. The van der Waals surface area contributed by atoms with Crippen LogP contribution in [-0.4, -0.2) is 24.1 Å². The molecule has 1 aromatic carbocycles. The average Bonchev–Trinajstić information content (AvgIpc) is 2.40. The van der Waals surface area contributed by atoms with E-state index in [1.165, 1.54) is 6.07 Å². The van der Waals surface area contributed by atoms with Gasteiger partial charge in [0, 0.05) is 32.3 Å². The molecule has 100 valence electrons. The Morgan fingerprint density at radius 2 is 2.00 bits per heavy atom. The minimum Gasteiger partial charge on any atom is -0.373 e. The summed E-state index contributed by atoms with van der Waals surface area (Å²) in [6.07, 6.45) is 0. The van der Waals surface area contributed by atoms with Crippen LogP contribution in [0.1, 0.15) is 11.4 Å². The number of aromatic nitrogens is 2. The minimum absolute atomic E-state index is 0.200. The number of anilines is 2. The standard InChI is InChI=1S/C14H17FN4/c1-10-17-13(16-2)8-14(18-10)19(3)9-11-6-4-5-7-12(11)15/h4-8H,9H2,1-3H3,(H,16,17,18). The summed E-state index contributed by atoms with van der Waals surface area (Å²) >= 11 is 0. The zero-order valence-electron chi connectivity index (χ0n) is 11.3. The fraction of sp³-hybridized carbons (Fsp3) is 0.286. The summed E-state index contributed by atoms with van der Waals surface area (Å²) in [7, 11) is 3.69. The number of nitrogens with zero attached hydrogens (tertiary/aromatic N) is 3. The second kappa shape index (κ2) is 5.65. The summed E-state index contributed by atoms with van der Waals surface area (Å²) in [5.41, 5.74) is 0.646. The Morgan fingerprint density at radius 3 is 2.68 bits per heavy atom. The third-order valence-electron chi connectivity index (χ3n) is 2.84. The second-order valence-electron chi connectivity index (χ2n) is 4.36. The highest BCUT2D eigenvalue weighted by molar-refractivity contribution is 5.49. The van der Waals surface area contributed by atoms with Gasteiger partial charge in [-0.1, -0.05) is 18.2 Å². The van der Waals surface area contributed by atoms with Crippen molar-refractivity contribution in [3.8, 4) is 0 Å². The smallest absolute Gasteiger partial charge is 0.134 e. The van der Waals surface area contributed by atoms with E-state index in [1.54, 1.807) is 12.1 Å². The molecule has 5 heteroatoms.